The molecule has 1 aliphatic rings. The normalized spacial score (nSPS) is 14.3. The van der Waals surface area contributed by atoms with E-state index >= 15 is 0 Å². The van der Waals surface area contributed by atoms with Gasteiger partial charge in [0.1, 0.15) is 17.1 Å². The van der Waals surface area contributed by atoms with Crippen LogP contribution in [0.25, 0.3) is 0 Å². The zero-order valence-electron chi connectivity index (χ0n) is 14.6. The summed E-state index contributed by atoms with van der Waals surface area (Å²) in [5.74, 6) is -1.81. The van der Waals surface area contributed by atoms with Crippen LogP contribution in [-0.2, 0) is 14.3 Å². The van der Waals surface area contributed by atoms with Gasteiger partial charge in [-0.15, -0.1) is 0 Å². The second-order valence-electron chi connectivity index (χ2n) is 6.52. The number of ether oxygens (including phenoxy) is 1. The molecule has 0 saturated heterocycles. The van der Waals surface area contributed by atoms with E-state index in [1.165, 1.54) is 6.07 Å². The summed E-state index contributed by atoms with van der Waals surface area (Å²) in [6.45, 7) is 4.55. The van der Waals surface area contributed by atoms with Crippen LogP contribution in [0.1, 0.15) is 20.8 Å². The van der Waals surface area contributed by atoms with Crippen LogP contribution in [0.2, 0.25) is 0 Å². The quantitative estimate of drug-likeness (QED) is 0.687. The molecule has 1 heterocycles. The van der Waals surface area contributed by atoms with Crippen molar-refractivity contribution in [3.63, 3.8) is 0 Å². The zero-order valence-corrected chi connectivity index (χ0v) is 14.6. The van der Waals surface area contributed by atoms with Crippen LogP contribution in [-0.4, -0.2) is 46.7 Å². The number of rotatable bonds is 5. The lowest BCUT2D eigenvalue weighted by Crippen LogP contribution is -2.34. The van der Waals surface area contributed by atoms with Crippen LogP contribution in [0.4, 0.5) is 20.6 Å². The Labute approximate surface area is 149 Å². The maximum absolute atomic E-state index is 13.6. The molecule has 0 fully saturated rings. The maximum atomic E-state index is 13.6. The molecule has 0 aliphatic carbocycles. The van der Waals surface area contributed by atoms with Crippen molar-refractivity contribution in [2.45, 2.75) is 26.4 Å². The molecule has 1 aliphatic heterocycles. The molecule has 3 amide bonds. The highest BCUT2D eigenvalue weighted by Gasteiger charge is 2.31. The number of benzene rings is 1. The van der Waals surface area contributed by atoms with Crippen LogP contribution in [0.5, 0.6) is 0 Å². The summed E-state index contributed by atoms with van der Waals surface area (Å²) in [6, 6.07) is 3.50. The Balaban J connectivity index is 2.20. The molecule has 2 rings (SSSR count). The van der Waals surface area contributed by atoms with Gasteiger partial charge in [-0.3, -0.25) is 19.8 Å². The molecule has 1 aromatic carbocycles. The van der Waals surface area contributed by atoms with Gasteiger partial charge in [0.15, 0.2) is 0 Å². The van der Waals surface area contributed by atoms with Crippen molar-refractivity contribution < 1.29 is 28.6 Å². The Bertz CT molecular complexity index is 770. The molecule has 140 valence electrons. The molecule has 0 saturated carbocycles. The Hall–Kier alpha value is -2.94. The second-order valence-corrected chi connectivity index (χ2v) is 6.52. The molecule has 0 spiro atoms. The minimum absolute atomic E-state index is 0.0426. The SMILES string of the molecule is CC(C)(C)OC(=O)Nc1cc(F)ccc1NC1=CC(=O)N(CCO)C1=O. The number of aliphatic hydroxyl groups excluding tert-OH is 1. The van der Waals surface area contributed by atoms with Crippen LogP contribution in [0.3, 0.4) is 0 Å². The first kappa shape index (κ1) is 19.4. The van der Waals surface area contributed by atoms with Gasteiger partial charge < -0.3 is 15.2 Å². The number of anilines is 2. The number of nitrogens with zero attached hydrogens (tertiary/aromatic N) is 1. The van der Waals surface area contributed by atoms with Crippen molar-refractivity contribution in [2.75, 3.05) is 23.8 Å². The molecule has 0 radical (unpaired) electrons. The number of imide groups is 1. The molecular formula is C17H20FN3O5. The third kappa shape index (κ3) is 4.79. The number of β-amino-alcohol motifs (C(OH)–C–C–N with tert-alkyl or cyclic N) is 1. The highest BCUT2D eigenvalue weighted by atomic mass is 19.1. The molecule has 8 nitrogen and oxygen atoms in total. The highest BCUT2D eigenvalue weighted by molar-refractivity contribution is 6.17. The average Bonchev–Trinajstić information content (AvgIpc) is 2.76. The van der Waals surface area contributed by atoms with Gasteiger partial charge in [0.05, 0.1) is 24.5 Å². The van der Waals surface area contributed by atoms with Gasteiger partial charge in [0.25, 0.3) is 11.8 Å². The first-order valence-corrected chi connectivity index (χ1v) is 7.85. The van der Waals surface area contributed by atoms with Gasteiger partial charge in [-0.2, -0.15) is 0 Å². The number of hydrogen-bond acceptors (Lipinski definition) is 6. The fourth-order valence-corrected chi connectivity index (χ4v) is 2.20. The Morgan fingerprint density at radius 2 is 1.96 bits per heavy atom. The third-order valence-electron chi connectivity index (χ3n) is 3.22. The largest absolute Gasteiger partial charge is 0.444 e. The van der Waals surface area contributed by atoms with Crippen molar-refractivity contribution in [1.82, 2.24) is 4.90 Å². The van der Waals surface area contributed by atoms with Crippen molar-refractivity contribution in [2.24, 2.45) is 0 Å². The first-order valence-electron chi connectivity index (χ1n) is 7.85. The molecule has 1 aromatic rings. The molecule has 0 atom stereocenters. The van der Waals surface area contributed by atoms with E-state index in [1.54, 1.807) is 20.8 Å². The topological polar surface area (TPSA) is 108 Å². The monoisotopic (exact) mass is 365 g/mol. The first-order chi connectivity index (χ1) is 12.1. The molecular weight excluding hydrogens is 345 g/mol. The lowest BCUT2D eigenvalue weighted by Gasteiger charge is -2.21. The summed E-state index contributed by atoms with van der Waals surface area (Å²) in [6.07, 6.45) is 0.273. The number of hydrogen-bond donors (Lipinski definition) is 3. The molecule has 0 aromatic heterocycles. The van der Waals surface area contributed by atoms with Crippen molar-refractivity contribution in [3.8, 4) is 0 Å². The van der Waals surface area contributed by atoms with Crippen molar-refractivity contribution in [3.05, 3.63) is 35.8 Å². The number of carbonyl (C=O) groups is 3. The molecule has 0 bridgehead atoms. The summed E-state index contributed by atoms with van der Waals surface area (Å²) >= 11 is 0. The Kier molecular flexibility index (Phi) is 5.61. The summed E-state index contributed by atoms with van der Waals surface area (Å²) in [7, 11) is 0. The standard InChI is InChI=1S/C17H20FN3O5/c1-17(2,3)26-16(25)20-12-8-10(18)4-5-11(12)19-13-9-14(23)21(6-7-22)15(13)24/h4-5,8-9,19,22H,6-7H2,1-3H3,(H,20,25). The molecule has 3 N–H and O–H groups in total. The third-order valence-corrected chi connectivity index (χ3v) is 3.22. The van der Waals surface area contributed by atoms with Crippen molar-refractivity contribution in [1.29, 1.82) is 0 Å². The van der Waals surface area contributed by atoms with Gasteiger partial charge in [-0.25, -0.2) is 9.18 Å². The molecule has 26 heavy (non-hydrogen) atoms. The fourth-order valence-electron chi connectivity index (χ4n) is 2.20. The smallest absolute Gasteiger partial charge is 0.412 e. The van der Waals surface area contributed by atoms with Crippen LogP contribution < -0.4 is 10.6 Å². The van der Waals surface area contributed by atoms with Crippen LogP contribution >= 0.6 is 0 Å². The van der Waals surface area contributed by atoms with Gasteiger partial charge in [-0.1, -0.05) is 0 Å². The Morgan fingerprint density at radius 3 is 2.58 bits per heavy atom. The van der Waals surface area contributed by atoms with Gasteiger partial charge in [-0.05, 0) is 39.0 Å². The zero-order chi connectivity index (χ0) is 19.5. The van der Waals surface area contributed by atoms with Gasteiger partial charge >= 0.3 is 6.09 Å². The molecule has 0 unspecified atom stereocenters. The maximum Gasteiger partial charge on any atom is 0.412 e. The number of nitrogens with one attached hydrogen (secondary N) is 2. The number of carbonyl (C=O) groups excluding carboxylic acids is 3. The van der Waals surface area contributed by atoms with E-state index in [1.807, 2.05) is 0 Å². The highest BCUT2D eigenvalue weighted by Crippen LogP contribution is 2.26. The lowest BCUT2D eigenvalue weighted by atomic mass is 10.2. The van der Waals surface area contributed by atoms with E-state index in [0.29, 0.717) is 0 Å². The summed E-state index contributed by atoms with van der Waals surface area (Å²) in [5, 5.41) is 14.0. The second kappa shape index (κ2) is 7.52. The predicted octanol–water partition coefficient (Wildman–Crippen LogP) is 1.83. The lowest BCUT2D eigenvalue weighted by molar-refractivity contribution is -0.137. The average molecular weight is 365 g/mol. The number of amides is 3. The van der Waals surface area contributed by atoms with Crippen LogP contribution in [0.15, 0.2) is 30.0 Å². The fraction of sp³-hybridized carbons (Fsp3) is 0.353. The van der Waals surface area contributed by atoms with Gasteiger partial charge in [0.2, 0.25) is 0 Å². The van der Waals surface area contributed by atoms with E-state index in [-0.39, 0.29) is 30.2 Å². The molecule has 9 heteroatoms. The van der Waals surface area contributed by atoms with E-state index in [9.17, 15) is 18.8 Å². The van der Waals surface area contributed by atoms with E-state index < -0.39 is 29.3 Å². The minimum atomic E-state index is -0.795. The van der Waals surface area contributed by atoms with Gasteiger partial charge in [0, 0.05) is 6.08 Å². The van der Waals surface area contributed by atoms with E-state index in [0.717, 1.165) is 23.1 Å². The van der Waals surface area contributed by atoms with Crippen molar-refractivity contribution >= 4 is 29.3 Å². The van der Waals surface area contributed by atoms with E-state index in [4.69, 9.17) is 9.84 Å². The number of aliphatic hydroxyl groups is 1. The Morgan fingerprint density at radius 1 is 1.27 bits per heavy atom. The van der Waals surface area contributed by atoms with E-state index in [2.05, 4.69) is 10.6 Å². The predicted molar refractivity (Wildman–Crippen MR) is 91.8 cm³/mol. The number of halogens is 1. The summed E-state index contributed by atoms with van der Waals surface area (Å²) in [5.41, 5.74) is -0.551. The summed E-state index contributed by atoms with van der Waals surface area (Å²) in [4.78, 5) is 36.7. The summed E-state index contributed by atoms with van der Waals surface area (Å²) < 4.78 is 18.7. The van der Waals surface area contributed by atoms with Crippen LogP contribution in [0, 0.1) is 5.82 Å². The minimum Gasteiger partial charge on any atom is -0.444 e.